The molecule has 0 N–H and O–H groups in total. The Bertz CT molecular complexity index is 732. The standard InChI is InChI=1S/C22H38N2O5S/c1-5-12-29-22(26)23-14-15(2)24(16(3)25)20-11-8-18(13-21(20)23)17-6-9-19(10-7-17)30(4,27)28/h15,17-21H,5-14H2,1-4H3/t15-,17?,18?,19?,20?,21?/m0/s1. The lowest BCUT2D eigenvalue weighted by Gasteiger charge is -2.54. The lowest BCUT2D eigenvalue weighted by Crippen LogP contribution is -2.67. The highest BCUT2D eigenvalue weighted by atomic mass is 32.2. The van der Waals surface area contributed by atoms with Gasteiger partial charge in [-0.1, -0.05) is 6.92 Å². The summed E-state index contributed by atoms with van der Waals surface area (Å²) in [6.07, 6.45) is 8.03. The first kappa shape index (κ1) is 23.4. The van der Waals surface area contributed by atoms with E-state index in [0.717, 1.165) is 51.4 Å². The predicted octanol–water partition coefficient (Wildman–Crippen LogP) is 3.23. The molecule has 4 atom stereocenters. The summed E-state index contributed by atoms with van der Waals surface area (Å²) < 4.78 is 29.3. The van der Waals surface area contributed by atoms with E-state index in [0.29, 0.717) is 25.0 Å². The van der Waals surface area contributed by atoms with Gasteiger partial charge in [0, 0.05) is 25.8 Å². The Morgan fingerprint density at radius 3 is 2.20 bits per heavy atom. The Morgan fingerprint density at radius 1 is 1.00 bits per heavy atom. The van der Waals surface area contributed by atoms with Crippen LogP contribution in [0.15, 0.2) is 0 Å². The van der Waals surface area contributed by atoms with Crippen molar-refractivity contribution in [1.29, 1.82) is 0 Å². The van der Waals surface area contributed by atoms with E-state index in [1.54, 1.807) is 6.92 Å². The van der Waals surface area contributed by atoms with Crippen LogP contribution in [0.25, 0.3) is 0 Å². The quantitative estimate of drug-likeness (QED) is 0.667. The van der Waals surface area contributed by atoms with Gasteiger partial charge in [0.05, 0.1) is 23.9 Å². The van der Waals surface area contributed by atoms with E-state index in [9.17, 15) is 18.0 Å². The van der Waals surface area contributed by atoms with Gasteiger partial charge in [-0.15, -0.1) is 0 Å². The van der Waals surface area contributed by atoms with Crippen molar-refractivity contribution in [2.45, 2.75) is 95.5 Å². The van der Waals surface area contributed by atoms with E-state index in [4.69, 9.17) is 4.74 Å². The number of piperazine rings is 1. The molecule has 7 nitrogen and oxygen atoms in total. The minimum absolute atomic E-state index is 0.0131. The third-order valence-corrected chi connectivity index (χ3v) is 9.22. The van der Waals surface area contributed by atoms with Crippen molar-refractivity contribution in [3.63, 3.8) is 0 Å². The van der Waals surface area contributed by atoms with E-state index < -0.39 is 9.84 Å². The number of sulfone groups is 1. The Kier molecular flexibility index (Phi) is 7.36. The number of hydrogen-bond donors (Lipinski definition) is 0. The molecule has 1 saturated heterocycles. The fourth-order valence-corrected chi connectivity index (χ4v) is 7.23. The largest absolute Gasteiger partial charge is 0.449 e. The SMILES string of the molecule is CCCOC(=O)N1C[C@H](C)N(C(C)=O)C2CCC(C3CCC(S(C)(=O)=O)CC3)CC21. The number of amides is 2. The molecule has 3 fully saturated rings. The minimum atomic E-state index is -2.96. The molecular weight excluding hydrogens is 404 g/mol. The molecule has 0 aromatic carbocycles. The fraction of sp³-hybridized carbons (Fsp3) is 0.909. The van der Waals surface area contributed by atoms with E-state index in [-0.39, 0.29) is 35.4 Å². The molecule has 2 saturated carbocycles. The molecule has 0 aromatic rings. The summed E-state index contributed by atoms with van der Waals surface area (Å²) in [5.41, 5.74) is 0. The van der Waals surface area contributed by atoms with Crippen molar-refractivity contribution in [3.8, 4) is 0 Å². The van der Waals surface area contributed by atoms with Crippen LogP contribution in [0.3, 0.4) is 0 Å². The third-order valence-electron chi connectivity index (χ3n) is 7.53. The molecule has 0 aromatic heterocycles. The number of carbonyl (C=O) groups is 2. The number of fused-ring (bicyclic) bond motifs is 1. The Balaban J connectivity index is 1.73. The molecular formula is C22H38N2O5S. The smallest absolute Gasteiger partial charge is 0.410 e. The molecule has 3 unspecified atom stereocenters. The van der Waals surface area contributed by atoms with Crippen molar-refractivity contribution >= 4 is 21.8 Å². The summed E-state index contributed by atoms with van der Waals surface area (Å²) in [6.45, 7) is 6.54. The highest BCUT2D eigenvalue weighted by Gasteiger charge is 2.48. The average Bonchev–Trinajstić information content (AvgIpc) is 2.70. The zero-order valence-electron chi connectivity index (χ0n) is 18.9. The fourth-order valence-electron chi connectivity index (χ4n) is 6.10. The first-order valence-electron chi connectivity index (χ1n) is 11.5. The van der Waals surface area contributed by atoms with Crippen LogP contribution in [-0.4, -0.2) is 73.0 Å². The first-order chi connectivity index (χ1) is 14.1. The molecule has 0 radical (unpaired) electrons. The summed E-state index contributed by atoms with van der Waals surface area (Å²) in [7, 11) is -2.96. The molecule has 0 bridgehead atoms. The number of ether oxygens (including phenoxy) is 1. The van der Waals surface area contributed by atoms with Crippen LogP contribution in [0, 0.1) is 11.8 Å². The van der Waals surface area contributed by atoms with Gasteiger partial charge in [-0.25, -0.2) is 13.2 Å². The minimum Gasteiger partial charge on any atom is -0.449 e. The van der Waals surface area contributed by atoms with Crippen LogP contribution >= 0.6 is 0 Å². The maximum atomic E-state index is 12.8. The van der Waals surface area contributed by atoms with E-state index >= 15 is 0 Å². The number of carbonyl (C=O) groups excluding carboxylic acids is 2. The van der Waals surface area contributed by atoms with E-state index in [1.165, 1.54) is 6.26 Å². The second-order valence-corrected chi connectivity index (χ2v) is 11.9. The monoisotopic (exact) mass is 442 g/mol. The molecule has 3 aliphatic rings. The summed E-state index contributed by atoms with van der Waals surface area (Å²) in [5.74, 6) is 1.05. The number of hydrogen-bond acceptors (Lipinski definition) is 5. The van der Waals surface area contributed by atoms with Crippen LogP contribution in [0.1, 0.15) is 72.1 Å². The number of nitrogens with zero attached hydrogens (tertiary/aromatic N) is 2. The molecule has 0 spiro atoms. The lowest BCUT2D eigenvalue weighted by molar-refractivity contribution is -0.142. The molecule has 2 amide bonds. The first-order valence-corrected chi connectivity index (χ1v) is 13.5. The summed E-state index contributed by atoms with van der Waals surface area (Å²) in [5, 5.41) is -0.200. The predicted molar refractivity (Wildman–Crippen MR) is 116 cm³/mol. The highest BCUT2D eigenvalue weighted by molar-refractivity contribution is 7.91. The summed E-state index contributed by atoms with van der Waals surface area (Å²) in [6, 6.07) is 0.0181. The third kappa shape index (κ3) is 4.94. The Morgan fingerprint density at radius 2 is 1.63 bits per heavy atom. The van der Waals surface area contributed by atoms with Gasteiger partial charge in [-0.05, 0) is 70.1 Å². The van der Waals surface area contributed by atoms with Crippen LogP contribution < -0.4 is 0 Å². The number of rotatable bonds is 4. The van der Waals surface area contributed by atoms with Crippen LogP contribution in [0.2, 0.25) is 0 Å². The van der Waals surface area contributed by atoms with E-state index in [2.05, 4.69) is 0 Å². The molecule has 30 heavy (non-hydrogen) atoms. The second-order valence-electron chi connectivity index (χ2n) is 9.62. The topological polar surface area (TPSA) is 84.0 Å². The Labute approximate surface area is 181 Å². The molecule has 8 heteroatoms. The van der Waals surface area contributed by atoms with Gasteiger partial charge >= 0.3 is 6.09 Å². The zero-order chi connectivity index (χ0) is 22.1. The van der Waals surface area contributed by atoms with Crippen molar-refractivity contribution in [1.82, 2.24) is 9.80 Å². The van der Waals surface area contributed by atoms with Crippen molar-refractivity contribution in [2.75, 3.05) is 19.4 Å². The van der Waals surface area contributed by atoms with Gasteiger partial charge in [0.1, 0.15) is 9.84 Å². The molecule has 3 rings (SSSR count). The lowest BCUT2D eigenvalue weighted by atomic mass is 9.69. The van der Waals surface area contributed by atoms with Gasteiger partial charge in [-0.2, -0.15) is 0 Å². The average molecular weight is 443 g/mol. The molecule has 2 aliphatic carbocycles. The zero-order valence-corrected chi connectivity index (χ0v) is 19.7. The van der Waals surface area contributed by atoms with Crippen molar-refractivity contribution in [3.05, 3.63) is 0 Å². The Hall–Kier alpha value is -1.31. The molecule has 1 aliphatic heterocycles. The van der Waals surface area contributed by atoms with Gasteiger partial charge in [0.25, 0.3) is 0 Å². The van der Waals surface area contributed by atoms with Crippen LogP contribution in [-0.2, 0) is 19.4 Å². The van der Waals surface area contributed by atoms with Crippen LogP contribution in [0.5, 0.6) is 0 Å². The van der Waals surface area contributed by atoms with Gasteiger partial charge in [0.15, 0.2) is 0 Å². The highest BCUT2D eigenvalue weighted by Crippen LogP contribution is 2.43. The van der Waals surface area contributed by atoms with Gasteiger partial charge in [-0.3, -0.25) is 4.79 Å². The van der Waals surface area contributed by atoms with Crippen molar-refractivity contribution in [2.24, 2.45) is 11.8 Å². The molecule has 172 valence electrons. The maximum Gasteiger partial charge on any atom is 0.410 e. The maximum absolute atomic E-state index is 12.8. The van der Waals surface area contributed by atoms with Gasteiger partial charge < -0.3 is 14.5 Å². The summed E-state index contributed by atoms with van der Waals surface area (Å²) >= 11 is 0. The van der Waals surface area contributed by atoms with Crippen LogP contribution in [0.4, 0.5) is 4.79 Å². The van der Waals surface area contributed by atoms with Crippen molar-refractivity contribution < 1.29 is 22.7 Å². The molecule has 1 heterocycles. The van der Waals surface area contributed by atoms with E-state index in [1.807, 2.05) is 23.6 Å². The normalized spacial score (nSPS) is 34.9. The summed E-state index contributed by atoms with van der Waals surface area (Å²) in [4.78, 5) is 29.0. The second kappa shape index (κ2) is 9.45. The van der Waals surface area contributed by atoms with Gasteiger partial charge in [0.2, 0.25) is 5.91 Å².